The van der Waals surface area contributed by atoms with Crippen LogP contribution in [0.4, 0.5) is 0 Å². The molecule has 0 aliphatic carbocycles. The molecule has 4 nitrogen and oxygen atoms in total. The van der Waals surface area contributed by atoms with Crippen LogP contribution < -0.4 is 5.56 Å². The van der Waals surface area contributed by atoms with Crippen LogP contribution in [0.1, 0.15) is 12.0 Å². The van der Waals surface area contributed by atoms with E-state index in [2.05, 4.69) is 34.3 Å². The third-order valence-corrected chi connectivity index (χ3v) is 3.99. The van der Waals surface area contributed by atoms with Gasteiger partial charge in [-0.2, -0.15) is 5.10 Å². The number of nitrogens with zero attached hydrogens (tertiary/aromatic N) is 3. The average Bonchev–Trinajstić information content (AvgIpc) is 2.59. The van der Waals surface area contributed by atoms with Crippen molar-refractivity contribution >= 4 is 10.8 Å². The third kappa shape index (κ3) is 3.85. The molecule has 0 fully saturated rings. The van der Waals surface area contributed by atoms with E-state index in [1.807, 2.05) is 37.4 Å². The number of hydrogen-bond acceptors (Lipinski definition) is 3. The molecule has 0 saturated carbocycles. The zero-order chi connectivity index (χ0) is 16.1. The standard InChI is InChI=1S/C19H21N3O/c1-21(13-7-10-16-8-3-2-4-9-16)15-22-19(23)18-12-6-5-11-17(18)14-20-22/h2-6,8-9,11-12,14H,7,10,13,15H2,1H3. The Morgan fingerprint density at radius 2 is 1.78 bits per heavy atom. The monoisotopic (exact) mass is 307 g/mol. The summed E-state index contributed by atoms with van der Waals surface area (Å²) in [6.07, 6.45) is 3.86. The molecule has 0 aliphatic rings. The van der Waals surface area contributed by atoms with Gasteiger partial charge in [0.05, 0.1) is 18.3 Å². The largest absolute Gasteiger partial charge is 0.287 e. The molecule has 0 spiro atoms. The first-order valence-electron chi connectivity index (χ1n) is 7.91. The Hall–Kier alpha value is -2.46. The fourth-order valence-corrected chi connectivity index (χ4v) is 2.73. The maximum atomic E-state index is 12.4. The Morgan fingerprint density at radius 3 is 2.61 bits per heavy atom. The van der Waals surface area contributed by atoms with Gasteiger partial charge in [-0.25, -0.2) is 4.68 Å². The zero-order valence-corrected chi connectivity index (χ0v) is 13.4. The van der Waals surface area contributed by atoms with E-state index in [0.717, 1.165) is 30.2 Å². The second-order valence-corrected chi connectivity index (χ2v) is 5.85. The van der Waals surface area contributed by atoms with Crippen LogP contribution in [-0.4, -0.2) is 28.3 Å². The van der Waals surface area contributed by atoms with Crippen LogP contribution in [0.5, 0.6) is 0 Å². The SMILES string of the molecule is CN(CCCc1ccccc1)Cn1ncc2ccccc2c1=O. The van der Waals surface area contributed by atoms with Crippen LogP contribution >= 0.6 is 0 Å². The fraction of sp³-hybridized carbons (Fsp3) is 0.263. The van der Waals surface area contributed by atoms with E-state index in [1.165, 1.54) is 10.2 Å². The van der Waals surface area contributed by atoms with Crippen LogP contribution in [-0.2, 0) is 13.1 Å². The van der Waals surface area contributed by atoms with Crippen LogP contribution in [0.15, 0.2) is 65.6 Å². The van der Waals surface area contributed by atoms with E-state index in [0.29, 0.717) is 6.67 Å². The first-order chi connectivity index (χ1) is 11.2. The molecule has 1 aromatic heterocycles. The summed E-state index contributed by atoms with van der Waals surface area (Å²) in [5.74, 6) is 0. The van der Waals surface area contributed by atoms with Gasteiger partial charge in [-0.05, 0) is 38.1 Å². The van der Waals surface area contributed by atoms with Gasteiger partial charge in [-0.3, -0.25) is 9.69 Å². The van der Waals surface area contributed by atoms with E-state index in [-0.39, 0.29) is 5.56 Å². The smallest absolute Gasteiger partial charge is 0.275 e. The van der Waals surface area contributed by atoms with E-state index < -0.39 is 0 Å². The van der Waals surface area contributed by atoms with Gasteiger partial charge in [0.2, 0.25) is 0 Å². The van der Waals surface area contributed by atoms with Crippen molar-refractivity contribution in [3.8, 4) is 0 Å². The zero-order valence-electron chi connectivity index (χ0n) is 13.4. The van der Waals surface area contributed by atoms with Crippen molar-refractivity contribution in [2.45, 2.75) is 19.5 Å². The molecule has 2 aromatic carbocycles. The van der Waals surface area contributed by atoms with Gasteiger partial charge >= 0.3 is 0 Å². The number of hydrogen-bond donors (Lipinski definition) is 0. The van der Waals surface area contributed by atoms with Crippen LogP contribution in [0.25, 0.3) is 10.8 Å². The molecular formula is C19H21N3O. The quantitative estimate of drug-likeness (QED) is 0.703. The first-order valence-corrected chi connectivity index (χ1v) is 7.91. The number of rotatable bonds is 6. The summed E-state index contributed by atoms with van der Waals surface area (Å²) in [6, 6.07) is 18.0. The highest BCUT2D eigenvalue weighted by Crippen LogP contribution is 2.07. The lowest BCUT2D eigenvalue weighted by molar-refractivity contribution is 0.246. The van der Waals surface area contributed by atoms with Gasteiger partial charge in [-0.15, -0.1) is 0 Å². The van der Waals surface area contributed by atoms with Crippen molar-refractivity contribution in [2.75, 3.05) is 13.6 Å². The molecule has 0 radical (unpaired) electrons. The highest BCUT2D eigenvalue weighted by Gasteiger charge is 2.06. The second-order valence-electron chi connectivity index (χ2n) is 5.85. The molecule has 0 amide bonds. The van der Waals surface area contributed by atoms with Crippen molar-refractivity contribution < 1.29 is 0 Å². The van der Waals surface area contributed by atoms with E-state index >= 15 is 0 Å². The first kappa shape index (κ1) is 15.4. The highest BCUT2D eigenvalue weighted by atomic mass is 16.1. The van der Waals surface area contributed by atoms with Gasteiger partial charge in [0.1, 0.15) is 0 Å². The number of fused-ring (bicyclic) bond motifs is 1. The highest BCUT2D eigenvalue weighted by molar-refractivity contribution is 5.80. The van der Waals surface area contributed by atoms with Crippen molar-refractivity contribution in [1.82, 2.24) is 14.7 Å². The topological polar surface area (TPSA) is 38.1 Å². The molecule has 3 rings (SSSR count). The Balaban J connectivity index is 1.60. The number of aromatic nitrogens is 2. The minimum atomic E-state index is -0.0296. The lowest BCUT2D eigenvalue weighted by Gasteiger charge is -2.17. The van der Waals surface area contributed by atoms with E-state index in [4.69, 9.17) is 0 Å². The normalized spacial score (nSPS) is 11.2. The van der Waals surface area contributed by atoms with Gasteiger partial charge in [0.25, 0.3) is 5.56 Å². The third-order valence-electron chi connectivity index (χ3n) is 3.99. The van der Waals surface area contributed by atoms with Gasteiger partial charge in [-0.1, -0.05) is 48.5 Å². The summed E-state index contributed by atoms with van der Waals surface area (Å²) < 4.78 is 1.53. The molecule has 0 bridgehead atoms. The van der Waals surface area contributed by atoms with Crippen molar-refractivity contribution in [3.63, 3.8) is 0 Å². The predicted octanol–water partition coefficient (Wildman–Crippen LogP) is 2.92. The van der Waals surface area contributed by atoms with Gasteiger partial charge < -0.3 is 0 Å². The maximum absolute atomic E-state index is 12.4. The summed E-state index contributed by atoms with van der Waals surface area (Å²) in [7, 11) is 2.02. The van der Waals surface area contributed by atoms with Gasteiger partial charge in [0.15, 0.2) is 0 Å². The molecule has 0 N–H and O–H groups in total. The minimum Gasteiger partial charge on any atom is -0.287 e. The predicted molar refractivity (Wildman–Crippen MR) is 93.4 cm³/mol. The lowest BCUT2D eigenvalue weighted by Crippen LogP contribution is -2.32. The summed E-state index contributed by atoms with van der Waals surface area (Å²) in [4.78, 5) is 14.6. The number of benzene rings is 2. The molecule has 0 unspecified atom stereocenters. The Kier molecular flexibility index (Phi) is 4.83. The molecule has 23 heavy (non-hydrogen) atoms. The lowest BCUT2D eigenvalue weighted by atomic mass is 10.1. The number of aryl methyl sites for hydroxylation is 1. The van der Waals surface area contributed by atoms with Crippen LogP contribution in [0.2, 0.25) is 0 Å². The molecule has 118 valence electrons. The Bertz CT molecular complexity index is 827. The average molecular weight is 307 g/mol. The van der Waals surface area contributed by atoms with E-state index in [9.17, 15) is 4.79 Å². The van der Waals surface area contributed by atoms with Crippen LogP contribution in [0.3, 0.4) is 0 Å². The molecule has 1 heterocycles. The second kappa shape index (κ2) is 7.20. The molecule has 0 atom stereocenters. The molecule has 0 aliphatic heterocycles. The van der Waals surface area contributed by atoms with Crippen LogP contribution in [0, 0.1) is 0 Å². The molecule has 0 saturated heterocycles. The summed E-state index contributed by atoms with van der Waals surface area (Å²) in [6.45, 7) is 1.44. The fourth-order valence-electron chi connectivity index (χ4n) is 2.73. The van der Waals surface area contributed by atoms with Crippen molar-refractivity contribution in [1.29, 1.82) is 0 Å². The van der Waals surface area contributed by atoms with Crippen molar-refractivity contribution in [3.05, 3.63) is 76.7 Å². The molecular weight excluding hydrogens is 286 g/mol. The summed E-state index contributed by atoms with van der Waals surface area (Å²) in [5.41, 5.74) is 1.32. The van der Waals surface area contributed by atoms with Crippen molar-refractivity contribution in [2.24, 2.45) is 0 Å². The summed E-state index contributed by atoms with van der Waals surface area (Å²) in [5, 5.41) is 5.89. The minimum absolute atomic E-state index is 0.0296. The molecule has 4 heteroatoms. The summed E-state index contributed by atoms with van der Waals surface area (Å²) >= 11 is 0. The Morgan fingerprint density at radius 1 is 1.04 bits per heavy atom. The Labute approximate surface area is 136 Å². The maximum Gasteiger partial charge on any atom is 0.275 e. The van der Waals surface area contributed by atoms with E-state index in [1.54, 1.807) is 6.20 Å². The molecule has 3 aromatic rings. The van der Waals surface area contributed by atoms with Gasteiger partial charge in [0, 0.05) is 5.39 Å².